The van der Waals surface area contributed by atoms with Gasteiger partial charge in [-0.05, 0) is 20.5 Å². The van der Waals surface area contributed by atoms with Gasteiger partial charge in [-0.25, -0.2) is 4.79 Å². The molecule has 0 rings (SSSR count). The summed E-state index contributed by atoms with van der Waals surface area (Å²) in [6.45, 7) is 6.64. The van der Waals surface area contributed by atoms with Crippen LogP contribution in [0.3, 0.4) is 0 Å². The van der Waals surface area contributed by atoms with Crippen molar-refractivity contribution in [3.8, 4) is 0 Å². The van der Waals surface area contributed by atoms with Gasteiger partial charge < -0.3 is 19.3 Å². The summed E-state index contributed by atoms with van der Waals surface area (Å²) < 4.78 is 15.6. The fourth-order valence-corrected chi connectivity index (χ4v) is 1.66. The smallest absolute Gasteiger partial charge is 0.406 e. The van der Waals surface area contributed by atoms with E-state index >= 15 is 0 Å². The van der Waals surface area contributed by atoms with Gasteiger partial charge in [0.15, 0.2) is 0 Å². The molecule has 0 aromatic heterocycles. The second-order valence-electron chi connectivity index (χ2n) is 3.19. The maximum Gasteiger partial charge on any atom is 0.406 e. The van der Waals surface area contributed by atoms with E-state index in [1.807, 2.05) is 20.5 Å². The van der Waals surface area contributed by atoms with E-state index in [2.05, 4.69) is 5.32 Å². The lowest BCUT2D eigenvalue weighted by Gasteiger charge is -2.14. The third-order valence-electron chi connectivity index (χ3n) is 1.42. The molecule has 0 heterocycles. The van der Waals surface area contributed by atoms with E-state index in [1.54, 1.807) is 0 Å². The molecule has 0 spiro atoms. The molecule has 0 saturated heterocycles. The molecule has 0 aliphatic heterocycles. The van der Waals surface area contributed by atoms with Crippen molar-refractivity contribution >= 4 is 14.2 Å². The van der Waals surface area contributed by atoms with Crippen molar-refractivity contribution in [3.63, 3.8) is 0 Å². The Morgan fingerprint density at radius 1 is 1.40 bits per heavy atom. The van der Waals surface area contributed by atoms with Crippen LogP contribution in [-0.4, -0.2) is 45.5 Å². The van der Waals surface area contributed by atoms with E-state index in [9.17, 15) is 4.79 Å². The van der Waals surface area contributed by atoms with E-state index in [4.69, 9.17) is 14.0 Å². The minimum Gasteiger partial charge on any atom is -0.447 e. The zero-order valence-corrected chi connectivity index (χ0v) is 10.7. The second-order valence-corrected chi connectivity index (χ2v) is 4.96. The summed E-state index contributed by atoms with van der Waals surface area (Å²) in [6.07, 6.45) is 0.408. The monoisotopic (exact) mass is 237 g/mol. The van der Waals surface area contributed by atoms with Crippen molar-refractivity contribution in [1.29, 1.82) is 0 Å². The van der Waals surface area contributed by atoms with Gasteiger partial charge in [-0.3, -0.25) is 0 Å². The normalized spacial score (nSPS) is 12.6. The molecule has 0 aliphatic carbocycles. The highest BCUT2D eigenvalue weighted by Crippen LogP contribution is 2.31. The number of ether oxygens (including phenoxy) is 2. The topological polar surface area (TPSA) is 56.8 Å². The quantitative estimate of drug-likeness (QED) is 0.541. The molecule has 5 nitrogen and oxygen atoms in total. The number of hydrogen-bond acceptors (Lipinski definition) is 4. The van der Waals surface area contributed by atoms with Crippen LogP contribution < -0.4 is 5.32 Å². The van der Waals surface area contributed by atoms with Crippen LogP contribution in [0.15, 0.2) is 0 Å². The number of alkyl carbamates (subject to hydrolysis) is 1. The van der Waals surface area contributed by atoms with Gasteiger partial charge in [0.25, 0.3) is 0 Å². The summed E-state index contributed by atoms with van der Waals surface area (Å²) in [7, 11) is 0.938. The van der Waals surface area contributed by atoms with Gasteiger partial charge in [0.2, 0.25) is 0 Å². The molecule has 15 heavy (non-hydrogen) atoms. The summed E-state index contributed by atoms with van der Waals surface area (Å²) in [4.78, 5) is 10.7. The van der Waals surface area contributed by atoms with Gasteiger partial charge in [0.05, 0.1) is 27.2 Å². The Morgan fingerprint density at radius 3 is 2.60 bits per heavy atom. The number of carbonyl (C=O) groups is 1. The third kappa shape index (κ3) is 9.91. The van der Waals surface area contributed by atoms with E-state index < -0.39 is 14.2 Å². The molecule has 6 heteroatoms. The summed E-state index contributed by atoms with van der Waals surface area (Å²) in [5.41, 5.74) is 0. The first-order valence-electron chi connectivity index (χ1n) is 4.86. The molecule has 1 unspecified atom stereocenters. The first-order chi connectivity index (χ1) is 7.06. The number of nitrogens with one attached hydrogen (secondary N) is 1. The van der Waals surface area contributed by atoms with Crippen LogP contribution in [0.2, 0.25) is 0 Å². The van der Waals surface area contributed by atoms with Gasteiger partial charge >= 0.3 is 6.09 Å². The lowest BCUT2D eigenvalue weighted by Crippen LogP contribution is -2.21. The molecule has 1 amide bonds. The Morgan fingerprint density at radius 2 is 2.07 bits per heavy atom. The lowest BCUT2D eigenvalue weighted by molar-refractivity contribution is 0.106. The molecule has 0 fully saturated rings. The van der Waals surface area contributed by atoms with Gasteiger partial charge in [0.1, 0.15) is 6.61 Å². The van der Waals surface area contributed by atoms with E-state index in [-0.39, 0.29) is 12.7 Å². The molecule has 1 atom stereocenters. The van der Waals surface area contributed by atoms with Crippen LogP contribution in [-0.2, 0) is 14.0 Å². The van der Waals surface area contributed by atoms with E-state index in [1.165, 1.54) is 7.05 Å². The maximum atomic E-state index is 10.7. The second kappa shape index (κ2) is 8.89. The SMILES string of the molecule is CNC(=O)OCCOP(C)COC(C)C. The van der Waals surface area contributed by atoms with Gasteiger partial charge in [-0.1, -0.05) is 0 Å². The molecule has 1 N–H and O–H groups in total. The highest BCUT2D eigenvalue weighted by molar-refractivity contribution is 7.51. The van der Waals surface area contributed by atoms with Crippen molar-refractivity contribution in [2.24, 2.45) is 0 Å². The van der Waals surface area contributed by atoms with Gasteiger partial charge in [0, 0.05) is 7.05 Å². The molecule has 0 bridgehead atoms. The molecule has 0 radical (unpaired) electrons. The highest BCUT2D eigenvalue weighted by Gasteiger charge is 2.04. The van der Waals surface area contributed by atoms with Crippen LogP contribution in [0.25, 0.3) is 0 Å². The average molecular weight is 237 g/mol. The predicted molar refractivity (Wildman–Crippen MR) is 60.3 cm³/mol. The fourth-order valence-electron chi connectivity index (χ4n) is 0.691. The molecule has 0 aromatic carbocycles. The lowest BCUT2D eigenvalue weighted by atomic mass is 10.5. The Labute approximate surface area is 92.3 Å². The summed E-state index contributed by atoms with van der Waals surface area (Å²) in [5, 5.41) is 2.36. The van der Waals surface area contributed by atoms with Gasteiger partial charge in [-0.2, -0.15) is 0 Å². The number of amides is 1. The van der Waals surface area contributed by atoms with Crippen molar-refractivity contribution in [1.82, 2.24) is 5.32 Å². The Balaban J connectivity index is 3.31. The van der Waals surface area contributed by atoms with Crippen LogP contribution in [0.5, 0.6) is 0 Å². The zero-order chi connectivity index (χ0) is 11.7. The fraction of sp³-hybridized carbons (Fsp3) is 0.889. The Kier molecular flexibility index (Phi) is 8.67. The Bertz CT molecular complexity index is 177. The predicted octanol–water partition coefficient (Wildman–Crippen LogP) is 1.77. The van der Waals surface area contributed by atoms with Crippen LogP contribution in [0, 0.1) is 0 Å². The van der Waals surface area contributed by atoms with E-state index in [0.29, 0.717) is 13.0 Å². The molecule has 90 valence electrons. The molecule has 0 aliphatic rings. The zero-order valence-electron chi connectivity index (χ0n) is 9.78. The first kappa shape index (κ1) is 14.6. The molecule has 0 aromatic rings. The van der Waals surface area contributed by atoms with Crippen molar-refractivity contribution in [2.75, 3.05) is 33.3 Å². The molecule has 0 saturated carbocycles. The maximum absolute atomic E-state index is 10.7. The van der Waals surface area contributed by atoms with Gasteiger partial charge in [-0.15, -0.1) is 0 Å². The number of hydrogen-bond donors (Lipinski definition) is 1. The number of carbonyl (C=O) groups excluding carboxylic acids is 1. The summed E-state index contributed by atoms with van der Waals surface area (Å²) in [5.74, 6) is 0. The largest absolute Gasteiger partial charge is 0.447 e. The number of rotatable bonds is 7. The van der Waals surface area contributed by atoms with Crippen molar-refractivity contribution < 1.29 is 18.8 Å². The molecular weight excluding hydrogens is 217 g/mol. The molecular formula is C9H20NO4P. The standard InChI is InChI=1S/C9H20NO4P/c1-8(2)13-7-15(4)14-6-5-12-9(11)10-3/h8H,5-7H2,1-4H3,(H,10,11). The van der Waals surface area contributed by atoms with Crippen LogP contribution in [0.4, 0.5) is 4.79 Å². The highest BCUT2D eigenvalue weighted by atomic mass is 31.1. The minimum absolute atomic E-state index is 0.223. The summed E-state index contributed by atoms with van der Waals surface area (Å²) >= 11 is 0. The van der Waals surface area contributed by atoms with Crippen molar-refractivity contribution in [2.45, 2.75) is 20.0 Å². The van der Waals surface area contributed by atoms with Crippen molar-refractivity contribution in [3.05, 3.63) is 0 Å². The first-order valence-corrected chi connectivity index (χ1v) is 6.75. The van der Waals surface area contributed by atoms with Crippen LogP contribution in [0.1, 0.15) is 13.8 Å². The average Bonchev–Trinajstić information content (AvgIpc) is 2.21. The third-order valence-corrected chi connectivity index (χ3v) is 2.56. The minimum atomic E-state index is -0.582. The summed E-state index contributed by atoms with van der Waals surface area (Å²) in [6, 6.07) is 0. The van der Waals surface area contributed by atoms with Crippen LogP contribution >= 0.6 is 8.15 Å². The Hall–Kier alpha value is -0.380. The van der Waals surface area contributed by atoms with E-state index in [0.717, 1.165) is 0 Å².